The van der Waals surface area contributed by atoms with Crippen LogP contribution in [0.25, 0.3) is 0 Å². The Bertz CT molecular complexity index is 986. The first kappa shape index (κ1) is 19.0. The molecule has 7 nitrogen and oxygen atoms in total. The second-order valence-electron chi connectivity index (χ2n) is 6.30. The third-order valence-corrected chi connectivity index (χ3v) is 4.05. The molecule has 3 N–H and O–H groups in total. The zero-order chi connectivity index (χ0) is 19.9. The molecule has 0 radical (unpaired) electrons. The molecule has 0 fully saturated rings. The largest absolute Gasteiger partial charge is 0.347 e. The monoisotopic (exact) mass is 375 g/mol. The summed E-state index contributed by atoms with van der Waals surface area (Å²) in [6.07, 6.45) is 0. The minimum absolute atomic E-state index is 0.141. The number of hydrogen-bond acceptors (Lipinski definition) is 5. The predicted octanol–water partition coefficient (Wildman–Crippen LogP) is 3.42. The van der Waals surface area contributed by atoms with E-state index in [9.17, 15) is 9.59 Å². The second kappa shape index (κ2) is 8.77. The minimum Gasteiger partial charge on any atom is -0.347 e. The van der Waals surface area contributed by atoms with Crippen LogP contribution in [0.2, 0.25) is 0 Å². The summed E-state index contributed by atoms with van der Waals surface area (Å²) < 4.78 is 0. The summed E-state index contributed by atoms with van der Waals surface area (Å²) in [4.78, 5) is 23.4. The number of aryl methyl sites for hydroxylation is 1. The summed E-state index contributed by atoms with van der Waals surface area (Å²) >= 11 is 0. The lowest BCUT2D eigenvalue weighted by Gasteiger charge is -2.09. The van der Waals surface area contributed by atoms with Crippen molar-refractivity contribution >= 4 is 29.0 Å². The molecular formula is C21H21N5O2. The summed E-state index contributed by atoms with van der Waals surface area (Å²) in [5.41, 5.74) is 3.84. The maximum atomic E-state index is 12.3. The van der Waals surface area contributed by atoms with Gasteiger partial charge in [-0.05, 0) is 48.4 Å². The van der Waals surface area contributed by atoms with Crippen LogP contribution in [0.3, 0.4) is 0 Å². The zero-order valence-corrected chi connectivity index (χ0v) is 15.7. The van der Waals surface area contributed by atoms with Gasteiger partial charge in [0.25, 0.3) is 5.91 Å². The molecular weight excluding hydrogens is 354 g/mol. The van der Waals surface area contributed by atoms with Gasteiger partial charge in [-0.1, -0.05) is 30.3 Å². The van der Waals surface area contributed by atoms with E-state index in [0.29, 0.717) is 18.1 Å². The van der Waals surface area contributed by atoms with Gasteiger partial charge in [-0.25, -0.2) is 0 Å². The highest BCUT2D eigenvalue weighted by molar-refractivity contribution is 5.92. The molecule has 7 heteroatoms. The van der Waals surface area contributed by atoms with Crippen molar-refractivity contribution in [3.63, 3.8) is 0 Å². The summed E-state index contributed by atoms with van der Waals surface area (Å²) in [5.74, 6) is 0.0726. The number of nitrogens with one attached hydrogen (secondary N) is 3. The number of anilines is 3. The third-order valence-electron chi connectivity index (χ3n) is 4.05. The molecule has 0 aliphatic rings. The molecule has 0 saturated heterocycles. The predicted molar refractivity (Wildman–Crippen MR) is 108 cm³/mol. The molecule has 0 bridgehead atoms. The van der Waals surface area contributed by atoms with Crippen molar-refractivity contribution in [2.45, 2.75) is 20.4 Å². The molecule has 0 unspecified atom stereocenters. The fourth-order valence-corrected chi connectivity index (χ4v) is 2.62. The van der Waals surface area contributed by atoms with E-state index >= 15 is 0 Å². The fraction of sp³-hybridized carbons (Fsp3) is 0.143. The van der Waals surface area contributed by atoms with Crippen LogP contribution in [0, 0.1) is 6.92 Å². The molecule has 28 heavy (non-hydrogen) atoms. The van der Waals surface area contributed by atoms with Gasteiger partial charge in [-0.15, -0.1) is 10.2 Å². The van der Waals surface area contributed by atoms with E-state index in [1.807, 2.05) is 43.3 Å². The highest BCUT2D eigenvalue weighted by atomic mass is 16.2. The van der Waals surface area contributed by atoms with Gasteiger partial charge in [0.05, 0.1) is 0 Å². The average molecular weight is 375 g/mol. The molecule has 0 atom stereocenters. The SMILES string of the molecule is CC(=O)Nc1cccc(Nc2ccc(C(=O)NCc3ccccc3C)nn2)c1. The molecule has 1 heterocycles. The highest BCUT2D eigenvalue weighted by Gasteiger charge is 2.09. The van der Waals surface area contributed by atoms with Crippen LogP contribution in [-0.4, -0.2) is 22.0 Å². The van der Waals surface area contributed by atoms with E-state index in [1.54, 1.807) is 24.3 Å². The summed E-state index contributed by atoms with van der Waals surface area (Å²) in [5, 5.41) is 16.7. The van der Waals surface area contributed by atoms with Crippen molar-refractivity contribution in [2.75, 3.05) is 10.6 Å². The van der Waals surface area contributed by atoms with Gasteiger partial charge in [0, 0.05) is 24.8 Å². The summed E-state index contributed by atoms with van der Waals surface area (Å²) in [6.45, 7) is 3.89. The van der Waals surface area contributed by atoms with Gasteiger partial charge in [0.2, 0.25) is 5.91 Å². The van der Waals surface area contributed by atoms with Crippen LogP contribution in [-0.2, 0) is 11.3 Å². The van der Waals surface area contributed by atoms with E-state index in [0.717, 1.165) is 16.8 Å². The van der Waals surface area contributed by atoms with Crippen molar-refractivity contribution in [2.24, 2.45) is 0 Å². The fourth-order valence-electron chi connectivity index (χ4n) is 2.62. The number of amides is 2. The molecule has 2 amide bonds. The molecule has 0 spiro atoms. The maximum absolute atomic E-state index is 12.3. The molecule has 0 aliphatic heterocycles. The topological polar surface area (TPSA) is 96.0 Å². The van der Waals surface area contributed by atoms with Crippen LogP contribution in [0.1, 0.15) is 28.5 Å². The quantitative estimate of drug-likeness (QED) is 0.613. The number of hydrogen-bond donors (Lipinski definition) is 3. The first-order valence-electron chi connectivity index (χ1n) is 8.82. The number of aromatic nitrogens is 2. The standard InChI is InChI=1S/C21H21N5O2/c1-14-6-3-4-7-16(14)13-22-21(28)19-10-11-20(26-25-19)24-18-9-5-8-17(12-18)23-15(2)27/h3-12H,13H2,1-2H3,(H,22,28)(H,23,27)(H,24,26). The van der Waals surface area contributed by atoms with Gasteiger partial charge in [-0.3, -0.25) is 9.59 Å². The lowest BCUT2D eigenvalue weighted by molar-refractivity contribution is -0.114. The summed E-state index contributed by atoms with van der Waals surface area (Å²) in [7, 11) is 0. The molecule has 3 rings (SSSR count). The van der Waals surface area contributed by atoms with Gasteiger partial charge < -0.3 is 16.0 Å². The highest BCUT2D eigenvalue weighted by Crippen LogP contribution is 2.18. The first-order chi connectivity index (χ1) is 13.5. The Morgan fingerprint density at radius 2 is 1.71 bits per heavy atom. The average Bonchev–Trinajstić information content (AvgIpc) is 2.67. The number of nitrogens with zero attached hydrogens (tertiary/aromatic N) is 2. The number of carbonyl (C=O) groups excluding carboxylic acids is 2. The summed E-state index contributed by atoms with van der Waals surface area (Å²) in [6, 6.07) is 18.4. The smallest absolute Gasteiger partial charge is 0.272 e. The second-order valence-corrected chi connectivity index (χ2v) is 6.30. The molecule has 3 aromatic rings. The number of rotatable bonds is 6. The molecule has 142 valence electrons. The van der Waals surface area contributed by atoms with Crippen molar-refractivity contribution in [1.82, 2.24) is 15.5 Å². The Morgan fingerprint density at radius 3 is 2.43 bits per heavy atom. The van der Waals surface area contributed by atoms with Crippen LogP contribution in [0.4, 0.5) is 17.2 Å². The third kappa shape index (κ3) is 5.14. The van der Waals surface area contributed by atoms with Crippen LogP contribution >= 0.6 is 0 Å². The molecule has 0 saturated carbocycles. The molecule has 2 aromatic carbocycles. The van der Waals surface area contributed by atoms with Gasteiger partial charge in [0.15, 0.2) is 11.5 Å². The van der Waals surface area contributed by atoms with Crippen molar-refractivity contribution in [1.29, 1.82) is 0 Å². The molecule has 1 aromatic heterocycles. The lowest BCUT2D eigenvalue weighted by atomic mass is 10.1. The molecule has 0 aliphatic carbocycles. The van der Waals surface area contributed by atoms with E-state index in [-0.39, 0.29) is 17.5 Å². The van der Waals surface area contributed by atoms with Gasteiger partial charge >= 0.3 is 0 Å². The maximum Gasteiger partial charge on any atom is 0.272 e. The van der Waals surface area contributed by atoms with Gasteiger partial charge in [-0.2, -0.15) is 0 Å². The van der Waals surface area contributed by atoms with Crippen molar-refractivity contribution < 1.29 is 9.59 Å². The van der Waals surface area contributed by atoms with Crippen LogP contribution in [0.15, 0.2) is 60.7 Å². The zero-order valence-electron chi connectivity index (χ0n) is 15.7. The Hall–Kier alpha value is -3.74. The Morgan fingerprint density at radius 1 is 0.929 bits per heavy atom. The normalized spacial score (nSPS) is 10.2. The van der Waals surface area contributed by atoms with Crippen molar-refractivity contribution in [3.8, 4) is 0 Å². The van der Waals surface area contributed by atoms with Crippen LogP contribution < -0.4 is 16.0 Å². The number of benzene rings is 2. The van der Waals surface area contributed by atoms with Crippen molar-refractivity contribution in [3.05, 3.63) is 77.5 Å². The Balaban J connectivity index is 1.61. The minimum atomic E-state index is -0.282. The Labute approximate surface area is 163 Å². The Kier molecular flexibility index (Phi) is 5.96. The first-order valence-corrected chi connectivity index (χ1v) is 8.82. The van der Waals surface area contributed by atoms with E-state index in [1.165, 1.54) is 6.92 Å². The van der Waals surface area contributed by atoms with E-state index < -0.39 is 0 Å². The number of carbonyl (C=O) groups is 2. The van der Waals surface area contributed by atoms with Crippen LogP contribution in [0.5, 0.6) is 0 Å². The van der Waals surface area contributed by atoms with E-state index in [2.05, 4.69) is 26.1 Å². The van der Waals surface area contributed by atoms with E-state index in [4.69, 9.17) is 0 Å². The lowest BCUT2D eigenvalue weighted by Crippen LogP contribution is -2.24. The van der Waals surface area contributed by atoms with Gasteiger partial charge in [0.1, 0.15) is 0 Å².